The fraction of sp³-hybridized carbons (Fsp3) is 0.821. The molecule has 0 saturated heterocycles. The van der Waals surface area contributed by atoms with Gasteiger partial charge in [-0.2, -0.15) is 0 Å². The van der Waals surface area contributed by atoms with Crippen molar-refractivity contribution in [2.75, 3.05) is 6.54 Å². The highest BCUT2D eigenvalue weighted by Crippen LogP contribution is 2.44. The summed E-state index contributed by atoms with van der Waals surface area (Å²) in [6, 6.07) is -1.07. The van der Waals surface area contributed by atoms with E-state index in [4.69, 9.17) is 5.11 Å². The number of rotatable bonds is 16. The van der Waals surface area contributed by atoms with Crippen LogP contribution in [-0.2, 0) is 24.0 Å². The van der Waals surface area contributed by atoms with Crippen molar-refractivity contribution >= 4 is 29.5 Å². The maximum atomic E-state index is 12.7. The van der Waals surface area contributed by atoms with Gasteiger partial charge in [0.05, 0.1) is 6.42 Å². The standard InChI is InChI=1S/C28H48N2O7/c1-7-18(2)14-21(31)12-13-22(26(36)37)30-25(35)20-10-8-19(9-11-20)17-29-23(32)15-27(3,4)28(5,6)16-24(33)34/h18-20,22H,7-17H2,1-6H3,(H,29,32)(H,30,35)(H,33,34)(H,36,37). The number of carboxylic acids is 2. The van der Waals surface area contributed by atoms with Crippen molar-refractivity contribution in [2.24, 2.45) is 28.6 Å². The van der Waals surface area contributed by atoms with Gasteiger partial charge in [0.15, 0.2) is 0 Å². The highest BCUT2D eigenvalue weighted by molar-refractivity contribution is 5.86. The molecule has 2 atom stereocenters. The summed E-state index contributed by atoms with van der Waals surface area (Å²) in [5, 5.41) is 24.3. The maximum Gasteiger partial charge on any atom is 0.326 e. The molecule has 1 rings (SSSR count). The molecule has 0 aliphatic heterocycles. The summed E-state index contributed by atoms with van der Waals surface area (Å²) in [7, 11) is 0. The predicted octanol–water partition coefficient (Wildman–Crippen LogP) is 4.18. The van der Waals surface area contributed by atoms with Crippen molar-refractivity contribution in [1.82, 2.24) is 10.6 Å². The Labute approximate surface area is 221 Å². The first kappa shape index (κ1) is 32.6. The first-order chi connectivity index (χ1) is 17.1. The van der Waals surface area contributed by atoms with Crippen LogP contribution in [0, 0.1) is 28.6 Å². The second-order valence-electron chi connectivity index (χ2n) is 12.2. The molecule has 212 valence electrons. The molecule has 2 amide bonds. The lowest BCUT2D eigenvalue weighted by Crippen LogP contribution is -2.45. The third-order valence-corrected chi connectivity index (χ3v) is 8.43. The predicted molar refractivity (Wildman–Crippen MR) is 141 cm³/mol. The summed E-state index contributed by atoms with van der Waals surface area (Å²) in [5.74, 6) is -2.18. The van der Waals surface area contributed by atoms with Crippen molar-refractivity contribution in [3.63, 3.8) is 0 Å². The first-order valence-corrected chi connectivity index (χ1v) is 13.6. The van der Waals surface area contributed by atoms with Gasteiger partial charge >= 0.3 is 11.9 Å². The zero-order chi connectivity index (χ0) is 28.4. The molecule has 2 unspecified atom stereocenters. The molecule has 1 saturated carbocycles. The monoisotopic (exact) mass is 524 g/mol. The first-order valence-electron chi connectivity index (χ1n) is 13.6. The Morgan fingerprint density at radius 2 is 1.49 bits per heavy atom. The van der Waals surface area contributed by atoms with Crippen LogP contribution in [0.2, 0.25) is 0 Å². The molecule has 1 aliphatic carbocycles. The molecule has 0 aromatic heterocycles. The van der Waals surface area contributed by atoms with Gasteiger partial charge < -0.3 is 20.8 Å². The minimum atomic E-state index is -1.13. The van der Waals surface area contributed by atoms with E-state index in [2.05, 4.69) is 10.6 Å². The summed E-state index contributed by atoms with van der Waals surface area (Å²) in [6.45, 7) is 12.0. The fourth-order valence-corrected chi connectivity index (χ4v) is 4.69. The van der Waals surface area contributed by atoms with Crippen LogP contribution in [0.4, 0.5) is 0 Å². The number of nitrogens with one attached hydrogen (secondary N) is 2. The topological polar surface area (TPSA) is 150 Å². The molecule has 0 aromatic carbocycles. The largest absolute Gasteiger partial charge is 0.481 e. The van der Waals surface area contributed by atoms with Crippen LogP contribution in [0.15, 0.2) is 0 Å². The van der Waals surface area contributed by atoms with E-state index in [-0.39, 0.29) is 61.0 Å². The van der Waals surface area contributed by atoms with Crippen LogP contribution >= 0.6 is 0 Å². The van der Waals surface area contributed by atoms with Crippen molar-refractivity contribution in [3.05, 3.63) is 0 Å². The summed E-state index contributed by atoms with van der Waals surface area (Å²) >= 11 is 0. The molecule has 1 fully saturated rings. The third-order valence-electron chi connectivity index (χ3n) is 8.43. The number of hydrogen-bond acceptors (Lipinski definition) is 5. The van der Waals surface area contributed by atoms with Gasteiger partial charge in [-0.15, -0.1) is 0 Å². The van der Waals surface area contributed by atoms with Crippen molar-refractivity contribution in [2.45, 2.75) is 112 Å². The number of amides is 2. The average molecular weight is 525 g/mol. The lowest BCUT2D eigenvalue weighted by Gasteiger charge is -2.40. The second-order valence-corrected chi connectivity index (χ2v) is 12.2. The lowest BCUT2D eigenvalue weighted by molar-refractivity contribution is -0.143. The number of carbonyl (C=O) groups is 5. The molecular weight excluding hydrogens is 476 g/mol. The molecule has 0 spiro atoms. The minimum Gasteiger partial charge on any atom is -0.481 e. The number of ketones is 1. The van der Waals surface area contributed by atoms with E-state index in [1.54, 1.807) is 0 Å². The Morgan fingerprint density at radius 3 is 2.00 bits per heavy atom. The molecule has 0 heterocycles. The zero-order valence-corrected chi connectivity index (χ0v) is 23.5. The van der Waals surface area contributed by atoms with Gasteiger partial charge in [-0.3, -0.25) is 19.2 Å². The van der Waals surface area contributed by atoms with Crippen molar-refractivity contribution in [3.8, 4) is 0 Å². The third kappa shape index (κ3) is 11.2. The van der Waals surface area contributed by atoms with E-state index >= 15 is 0 Å². The number of carbonyl (C=O) groups excluding carboxylic acids is 3. The zero-order valence-electron chi connectivity index (χ0n) is 23.5. The molecule has 1 aliphatic rings. The van der Waals surface area contributed by atoms with Gasteiger partial charge in [0.25, 0.3) is 0 Å². The Hall–Kier alpha value is -2.45. The van der Waals surface area contributed by atoms with E-state index in [9.17, 15) is 29.1 Å². The maximum absolute atomic E-state index is 12.7. The summed E-state index contributed by atoms with van der Waals surface area (Å²) in [4.78, 5) is 60.2. The Balaban J connectivity index is 2.47. The molecule has 9 nitrogen and oxygen atoms in total. The van der Waals surface area contributed by atoms with Crippen LogP contribution < -0.4 is 10.6 Å². The molecule has 9 heteroatoms. The quantitative estimate of drug-likeness (QED) is 0.236. The minimum absolute atomic E-state index is 0.0174. The number of aliphatic carboxylic acids is 2. The van der Waals surface area contributed by atoms with Crippen LogP contribution in [0.3, 0.4) is 0 Å². The van der Waals surface area contributed by atoms with E-state index in [0.717, 1.165) is 19.3 Å². The molecule has 4 N–H and O–H groups in total. The summed E-state index contributed by atoms with van der Waals surface area (Å²) < 4.78 is 0. The SMILES string of the molecule is CCC(C)CC(=O)CCC(NC(=O)C1CCC(CNC(=O)CC(C)(C)C(C)(C)CC(=O)O)CC1)C(=O)O. The molecule has 0 radical (unpaired) electrons. The van der Waals surface area contributed by atoms with Crippen LogP contribution in [0.5, 0.6) is 0 Å². The van der Waals surface area contributed by atoms with E-state index in [1.807, 2.05) is 41.5 Å². The van der Waals surface area contributed by atoms with Gasteiger partial charge in [0.2, 0.25) is 11.8 Å². The van der Waals surface area contributed by atoms with Gasteiger partial charge in [-0.05, 0) is 54.8 Å². The molecule has 0 bridgehead atoms. The molecule has 37 heavy (non-hydrogen) atoms. The normalized spacial score (nSPS) is 19.9. The summed E-state index contributed by atoms with van der Waals surface area (Å²) in [6.07, 6.45) is 4.48. The fourth-order valence-electron chi connectivity index (χ4n) is 4.69. The van der Waals surface area contributed by atoms with Crippen LogP contribution in [0.25, 0.3) is 0 Å². The average Bonchev–Trinajstić information content (AvgIpc) is 2.79. The second kappa shape index (κ2) is 14.5. The molecule has 0 aromatic rings. The van der Waals surface area contributed by atoms with Gasteiger partial charge in [-0.1, -0.05) is 48.0 Å². The van der Waals surface area contributed by atoms with E-state index < -0.39 is 28.8 Å². The van der Waals surface area contributed by atoms with Crippen LogP contribution in [0.1, 0.15) is 106 Å². The summed E-state index contributed by atoms with van der Waals surface area (Å²) in [5.41, 5.74) is -1.04. The number of Topliss-reactive ketones (excluding diaryl/α,β-unsaturated/α-hetero) is 1. The Bertz CT molecular complexity index is 813. The highest BCUT2D eigenvalue weighted by Gasteiger charge is 2.40. The van der Waals surface area contributed by atoms with E-state index in [0.29, 0.717) is 25.8 Å². The Morgan fingerprint density at radius 1 is 0.919 bits per heavy atom. The Kier molecular flexibility index (Phi) is 12.7. The smallest absolute Gasteiger partial charge is 0.326 e. The van der Waals surface area contributed by atoms with Gasteiger partial charge in [-0.25, -0.2) is 4.79 Å². The van der Waals surface area contributed by atoms with Crippen molar-refractivity contribution in [1.29, 1.82) is 0 Å². The molecular formula is C28H48N2O7. The number of hydrogen-bond donors (Lipinski definition) is 4. The highest BCUT2D eigenvalue weighted by atomic mass is 16.4. The van der Waals surface area contributed by atoms with Gasteiger partial charge in [0.1, 0.15) is 11.8 Å². The van der Waals surface area contributed by atoms with E-state index in [1.165, 1.54) is 0 Å². The lowest BCUT2D eigenvalue weighted by atomic mass is 9.64. The van der Waals surface area contributed by atoms with Gasteiger partial charge in [0, 0.05) is 31.7 Å². The van der Waals surface area contributed by atoms with Crippen molar-refractivity contribution < 1.29 is 34.2 Å². The van der Waals surface area contributed by atoms with Crippen LogP contribution in [-0.4, -0.2) is 52.3 Å². The number of carboxylic acid groups (broad SMARTS) is 2.